The van der Waals surface area contributed by atoms with Crippen molar-refractivity contribution in [1.29, 1.82) is 0 Å². The van der Waals surface area contributed by atoms with Crippen LogP contribution in [-0.2, 0) is 17.8 Å². The summed E-state index contributed by atoms with van der Waals surface area (Å²) < 4.78 is 13.3. The molecular weight excluding hydrogens is 399 g/mol. The second kappa shape index (κ2) is 9.22. The van der Waals surface area contributed by atoms with Gasteiger partial charge in [0.25, 0.3) is 5.91 Å². The van der Waals surface area contributed by atoms with E-state index in [0.717, 1.165) is 17.7 Å². The van der Waals surface area contributed by atoms with E-state index in [4.69, 9.17) is 0 Å². The number of carbonyl (C=O) groups excluding carboxylic acids is 2. The Morgan fingerprint density at radius 2 is 1.83 bits per heavy atom. The third-order valence-electron chi connectivity index (χ3n) is 5.10. The third kappa shape index (κ3) is 5.33. The number of amides is 2. The van der Waals surface area contributed by atoms with Crippen LogP contribution in [0, 0.1) is 11.7 Å². The van der Waals surface area contributed by atoms with Gasteiger partial charge in [0.1, 0.15) is 5.82 Å². The van der Waals surface area contributed by atoms with Gasteiger partial charge in [0, 0.05) is 12.2 Å². The number of hydrogen-bond acceptors (Lipinski definition) is 3. The van der Waals surface area contributed by atoms with E-state index in [-0.39, 0.29) is 24.1 Å². The van der Waals surface area contributed by atoms with Gasteiger partial charge in [-0.05, 0) is 65.6 Å². The zero-order chi connectivity index (χ0) is 20.9. The maximum Gasteiger partial charge on any atom is 0.268 e. The molecule has 3 aromatic rings. The highest BCUT2D eigenvalue weighted by atomic mass is 32.1. The molecule has 6 heteroatoms. The van der Waals surface area contributed by atoms with Gasteiger partial charge in [0.15, 0.2) is 0 Å². The normalized spacial score (nSPS) is 13.1. The first-order valence-electron chi connectivity index (χ1n) is 10.0. The number of nitrogens with zero attached hydrogens (tertiary/aromatic N) is 1. The first kappa shape index (κ1) is 20.3. The minimum atomic E-state index is -0.311. The van der Waals surface area contributed by atoms with Gasteiger partial charge in [-0.2, -0.15) is 0 Å². The summed E-state index contributed by atoms with van der Waals surface area (Å²) in [6, 6.07) is 17.3. The maximum atomic E-state index is 13.3. The molecule has 2 amide bonds. The van der Waals surface area contributed by atoms with Crippen LogP contribution in [-0.4, -0.2) is 18.4 Å². The number of rotatable bonds is 8. The zero-order valence-corrected chi connectivity index (χ0v) is 17.3. The lowest BCUT2D eigenvalue weighted by Gasteiger charge is -2.23. The summed E-state index contributed by atoms with van der Waals surface area (Å²) in [6.45, 7) is 1.06. The second-order valence-corrected chi connectivity index (χ2v) is 8.54. The van der Waals surface area contributed by atoms with Gasteiger partial charge in [-0.25, -0.2) is 4.39 Å². The molecule has 2 aromatic carbocycles. The molecule has 1 N–H and O–H groups in total. The van der Waals surface area contributed by atoms with Crippen LogP contribution in [0.25, 0.3) is 0 Å². The Kier molecular flexibility index (Phi) is 6.23. The van der Waals surface area contributed by atoms with Gasteiger partial charge in [-0.3, -0.25) is 9.59 Å². The van der Waals surface area contributed by atoms with Crippen molar-refractivity contribution in [2.45, 2.75) is 25.8 Å². The highest BCUT2D eigenvalue weighted by Crippen LogP contribution is 2.27. The molecule has 1 aliphatic carbocycles. The quantitative estimate of drug-likeness (QED) is 0.567. The van der Waals surface area contributed by atoms with E-state index in [0.29, 0.717) is 23.0 Å². The Labute approximate surface area is 179 Å². The van der Waals surface area contributed by atoms with Crippen LogP contribution in [0.4, 0.5) is 10.1 Å². The largest absolute Gasteiger partial charge is 0.356 e. The molecule has 0 saturated heterocycles. The average molecular weight is 423 g/mol. The van der Waals surface area contributed by atoms with Gasteiger partial charge < -0.3 is 10.2 Å². The number of halogens is 1. The molecule has 0 unspecified atom stereocenters. The fourth-order valence-corrected chi connectivity index (χ4v) is 3.92. The molecule has 0 atom stereocenters. The van der Waals surface area contributed by atoms with E-state index in [1.807, 2.05) is 35.7 Å². The first-order chi connectivity index (χ1) is 14.6. The Bertz CT molecular complexity index is 1010. The summed E-state index contributed by atoms with van der Waals surface area (Å²) in [5.74, 6) is 0.197. The molecule has 30 heavy (non-hydrogen) atoms. The lowest BCUT2D eigenvalue weighted by molar-refractivity contribution is -0.120. The Hall–Kier alpha value is -2.99. The molecular formula is C24H23FN2O2S. The molecule has 1 saturated carbocycles. The van der Waals surface area contributed by atoms with Gasteiger partial charge in [-0.15, -0.1) is 11.3 Å². The minimum Gasteiger partial charge on any atom is -0.356 e. The van der Waals surface area contributed by atoms with E-state index < -0.39 is 0 Å². The number of thiophene rings is 1. The van der Waals surface area contributed by atoms with Gasteiger partial charge >= 0.3 is 0 Å². The van der Waals surface area contributed by atoms with Crippen LogP contribution < -0.4 is 10.2 Å². The highest BCUT2D eigenvalue weighted by molar-refractivity contribution is 7.12. The van der Waals surface area contributed by atoms with E-state index >= 15 is 0 Å². The Morgan fingerprint density at radius 1 is 1.03 bits per heavy atom. The number of hydrogen-bond donors (Lipinski definition) is 1. The second-order valence-electron chi connectivity index (χ2n) is 7.59. The Balaban J connectivity index is 1.55. The zero-order valence-electron chi connectivity index (χ0n) is 16.5. The molecule has 0 aliphatic heterocycles. The topological polar surface area (TPSA) is 49.4 Å². The molecule has 4 nitrogen and oxygen atoms in total. The number of anilines is 1. The minimum absolute atomic E-state index is 0.00582. The standard InChI is InChI=1S/C24H23FN2O2S/c25-20-10-8-18(9-11-20)16-27(24(29)22-5-2-12-30-22)21-4-1-3-19(13-21)14-23(28)26-15-17-6-7-17/h1-5,8-13,17H,6-7,14-16H2,(H,26,28). The van der Waals surface area contributed by atoms with E-state index in [1.54, 1.807) is 23.1 Å². The summed E-state index contributed by atoms with van der Waals surface area (Å²) in [4.78, 5) is 27.7. The highest BCUT2D eigenvalue weighted by Gasteiger charge is 2.22. The monoisotopic (exact) mass is 422 g/mol. The molecule has 0 bridgehead atoms. The van der Waals surface area contributed by atoms with Crippen molar-refractivity contribution in [3.63, 3.8) is 0 Å². The summed E-state index contributed by atoms with van der Waals surface area (Å²) in [5.41, 5.74) is 2.39. The van der Waals surface area contributed by atoms with Crippen LogP contribution in [0.2, 0.25) is 0 Å². The smallest absolute Gasteiger partial charge is 0.268 e. The van der Waals surface area contributed by atoms with Crippen LogP contribution in [0.15, 0.2) is 66.0 Å². The van der Waals surface area contributed by atoms with Crippen molar-refractivity contribution < 1.29 is 14.0 Å². The lowest BCUT2D eigenvalue weighted by atomic mass is 10.1. The molecule has 1 aliphatic rings. The maximum absolute atomic E-state index is 13.3. The van der Waals surface area contributed by atoms with E-state index in [9.17, 15) is 14.0 Å². The predicted octanol–water partition coefficient (Wildman–Crippen LogP) is 4.80. The predicted molar refractivity (Wildman–Crippen MR) is 117 cm³/mol. The molecule has 0 spiro atoms. The van der Waals surface area contributed by atoms with Gasteiger partial charge in [-0.1, -0.05) is 30.3 Å². The third-order valence-corrected chi connectivity index (χ3v) is 5.96. The van der Waals surface area contributed by atoms with E-state index in [2.05, 4.69) is 5.32 Å². The van der Waals surface area contributed by atoms with Crippen LogP contribution in [0.3, 0.4) is 0 Å². The average Bonchev–Trinajstić information content (AvgIpc) is 3.42. The lowest BCUT2D eigenvalue weighted by Crippen LogP contribution is -2.30. The Morgan fingerprint density at radius 3 is 2.53 bits per heavy atom. The number of benzene rings is 2. The van der Waals surface area contributed by atoms with Crippen molar-refractivity contribution in [3.05, 3.63) is 87.9 Å². The summed E-state index contributed by atoms with van der Waals surface area (Å²) in [6.07, 6.45) is 2.66. The van der Waals surface area contributed by atoms with Crippen molar-refractivity contribution in [1.82, 2.24) is 5.32 Å². The van der Waals surface area contributed by atoms with Crippen LogP contribution in [0.1, 0.15) is 33.6 Å². The fraction of sp³-hybridized carbons (Fsp3) is 0.250. The molecule has 0 radical (unpaired) electrons. The first-order valence-corrected chi connectivity index (χ1v) is 10.9. The SMILES string of the molecule is O=C(Cc1cccc(N(Cc2ccc(F)cc2)C(=O)c2cccs2)c1)NCC1CC1. The summed E-state index contributed by atoms with van der Waals surface area (Å²) in [7, 11) is 0. The molecule has 1 heterocycles. The van der Waals surface area contributed by atoms with Crippen molar-refractivity contribution >= 4 is 28.8 Å². The molecule has 4 rings (SSSR count). The molecule has 154 valence electrons. The van der Waals surface area contributed by atoms with E-state index in [1.165, 1.54) is 36.3 Å². The fourth-order valence-electron chi connectivity index (χ4n) is 3.25. The van der Waals surface area contributed by atoms with Gasteiger partial charge in [0.05, 0.1) is 17.8 Å². The van der Waals surface area contributed by atoms with Gasteiger partial charge in [0.2, 0.25) is 5.91 Å². The number of nitrogens with one attached hydrogen (secondary N) is 1. The number of carbonyl (C=O) groups is 2. The van der Waals surface area contributed by atoms with Crippen molar-refractivity contribution in [3.8, 4) is 0 Å². The van der Waals surface area contributed by atoms with Crippen LogP contribution >= 0.6 is 11.3 Å². The summed E-state index contributed by atoms with van der Waals surface area (Å²) in [5, 5.41) is 4.84. The van der Waals surface area contributed by atoms with Crippen LogP contribution in [0.5, 0.6) is 0 Å². The molecule has 1 fully saturated rings. The summed E-state index contributed by atoms with van der Waals surface area (Å²) >= 11 is 1.38. The van der Waals surface area contributed by atoms with Crippen molar-refractivity contribution in [2.24, 2.45) is 5.92 Å². The molecule has 1 aromatic heterocycles. The van der Waals surface area contributed by atoms with Crippen molar-refractivity contribution in [2.75, 3.05) is 11.4 Å².